The first-order valence-corrected chi connectivity index (χ1v) is 45.2. The summed E-state index contributed by atoms with van der Waals surface area (Å²) < 4.78 is 113. The number of benzene rings is 12. The monoisotopic (exact) mass is 1680 g/mol. The number of hydrogen-bond acceptors (Lipinski definition) is 20. The lowest BCUT2D eigenvalue weighted by Gasteiger charge is -2.13. The van der Waals surface area contributed by atoms with Crippen LogP contribution in [0.25, 0.3) is 135 Å². The van der Waals surface area contributed by atoms with Gasteiger partial charge in [0.15, 0.2) is 0 Å². The van der Waals surface area contributed by atoms with Gasteiger partial charge < -0.3 is 16.7 Å². The van der Waals surface area contributed by atoms with Crippen molar-refractivity contribution in [1.82, 2.24) is 39.9 Å². The van der Waals surface area contributed by atoms with Crippen LogP contribution in [-0.2, 0) is 40.5 Å². The van der Waals surface area contributed by atoms with Gasteiger partial charge in [0.2, 0.25) is 0 Å². The lowest BCUT2D eigenvalue weighted by atomic mass is 9.97. The van der Waals surface area contributed by atoms with Crippen LogP contribution in [0, 0.1) is 34.6 Å². The molecule has 0 aliphatic rings. The summed E-state index contributed by atoms with van der Waals surface area (Å²) in [5.74, 6) is -0.230. The van der Waals surface area contributed by atoms with E-state index in [4.69, 9.17) is 16.7 Å². The fourth-order valence-corrected chi connectivity index (χ4v) is 14.9. The second-order valence-corrected chi connectivity index (χ2v) is 34.7. The normalized spacial score (nSPS) is 11.3. The van der Waals surface area contributed by atoms with E-state index >= 15 is 0 Å². The third kappa shape index (κ3) is 23.2. The van der Waals surface area contributed by atoms with Crippen LogP contribution >= 0.6 is 0 Å². The lowest BCUT2D eigenvalue weighted by Crippen LogP contribution is -2.08. The second-order valence-electron chi connectivity index (χ2n) is 28.4. The molecule has 0 radical (unpaired) electrons. The maximum atomic E-state index is 11.8. The lowest BCUT2D eigenvalue weighted by molar-refractivity contribution is 0.479. The molecule has 0 N–H and O–H groups in total. The number of rotatable bonds is 20. The van der Waals surface area contributed by atoms with Gasteiger partial charge in [0.1, 0.15) is 22.8 Å². The van der Waals surface area contributed by atoms with Crippen LogP contribution < -0.4 is 16.7 Å². The summed E-state index contributed by atoms with van der Waals surface area (Å²) >= 11 is 0. The molecule has 0 atom stereocenters. The molecule has 4 aromatic heterocycles. The fourth-order valence-electron chi connectivity index (χ4n) is 13.3. The van der Waals surface area contributed by atoms with E-state index in [1.807, 2.05) is 295 Å². The Morgan fingerprint density at radius 1 is 0.198 bits per heavy atom. The van der Waals surface area contributed by atoms with Crippen LogP contribution in [0.3, 0.4) is 0 Å². The van der Waals surface area contributed by atoms with E-state index in [1.165, 1.54) is 24.8 Å². The predicted octanol–water partition coefficient (Wildman–Crippen LogP) is 20.8. The Hall–Kier alpha value is -14.0. The van der Waals surface area contributed by atoms with E-state index in [-0.39, 0.29) is 23.5 Å². The van der Waals surface area contributed by atoms with Gasteiger partial charge in [-0.2, -0.15) is 33.7 Å². The van der Waals surface area contributed by atoms with Crippen LogP contribution in [0.15, 0.2) is 334 Å². The minimum atomic E-state index is -3.75. The molecular formula is C97H82N8O12S4. The Bertz CT molecular complexity index is 6850. The molecule has 20 nitrogen and oxygen atoms in total. The number of aromatic nitrogens is 8. The van der Waals surface area contributed by atoms with Gasteiger partial charge in [0, 0.05) is 44.5 Å². The van der Waals surface area contributed by atoms with E-state index in [1.54, 1.807) is 0 Å². The molecule has 0 fully saturated rings. The number of aryl methyl sites for hydroxylation is 5. The van der Waals surface area contributed by atoms with Crippen molar-refractivity contribution in [2.45, 2.75) is 34.6 Å². The standard InChI is InChI=1S/2C29H22N2O3S.C20H20N2O3S.C19H18N2O3S/c1-35(32,33)34-27-20-30-28(25-16-8-14-23(18-25)21-10-4-2-5-11-21)29(31-27)26-17-9-15-24(19-26)22-12-6-3-7-13-22;1-35(32,33)34-27-20-30-28(25-16-12-23(13-17-25)21-8-4-2-5-9-21)29(31-27)26-18-14-24(15-19-26)22-10-6-3-7-11-22;1-13-9-14(2)11-16(10-13)19-20(17-8-6-5-7-15(17)3)22-18(12-21-19)25-26(4,23)24;1-13-9-10-14(2)16(11-13)19-18(15-7-5-4-6-8-15)20-12-17(21-19)24-25(3,22)23/h2*2-20H,1H3;5-12H,1-4H3;4-12H,1-3H3. The zero-order valence-corrected chi connectivity index (χ0v) is 70.6. The summed E-state index contributed by atoms with van der Waals surface area (Å²) in [6.07, 6.45) is 9.30. The average Bonchev–Trinajstić information content (AvgIpc) is 0.795. The summed E-state index contributed by atoms with van der Waals surface area (Å²) in [6.45, 7) is 10.0. The Kier molecular flexibility index (Phi) is 26.4. The highest BCUT2D eigenvalue weighted by atomic mass is 32.2. The molecule has 121 heavy (non-hydrogen) atoms. The Morgan fingerprint density at radius 2 is 0.463 bits per heavy atom. The highest BCUT2D eigenvalue weighted by Gasteiger charge is 2.23. The first-order chi connectivity index (χ1) is 58.0. The maximum absolute atomic E-state index is 11.8. The van der Waals surface area contributed by atoms with Crippen molar-refractivity contribution in [3.63, 3.8) is 0 Å². The molecule has 16 rings (SSSR count). The quantitative estimate of drug-likeness (QED) is 0.0641. The molecule has 24 heteroatoms. The van der Waals surface area contributed by atoms with Crippen LogP contribution in [0.2, 0.25) is 0 Å². The van der Waals surface area contributed by atoms with Crippen molar-refractivity contribution < 1.29 is 50.4 Å². The molecular weight excluding hydrogens is 1600 g/mol. The van der Waals surface area contributed by atoms with E-state index in [0.717, 1.165) is 142 Å². The number of nitrogens with zero attached hydrogens (tertiary/aromatic N) is 8. The van der Waals surface area contributed by atoms with Crippen molar-refractivity contribution in [2.75, 3.05) is 25.0 Å². The van der Waals surface area contributed by atoms with E-state index in [0.29, 0.717) is 45.6 Å². The highest BCUT2D eigenvalue weighted by Crippen LogP contribution is 2.40. The van der Waals surface area contributed by atoms with Gasteiger partial charge >= 0.3 is 40.5 Å². The third-order valence-corrected chi connectivity index (χ3v) is 20.5. The Morgan fingerprint density at radius 3 is 0.860 bits per heavy atom. The molecule has 0 amide bonds. The molecule has 12 aromatic carbocycles. The Balaban J connectivity index is 0.000000141. The molecule has 0 bridgehead atoms. The van der Waals surface area contributed by atoms with E-state index < -0.39 is 40.5 Å². The van der Waals surface area contributed by atoms with Gasteiger partial charge in [-0.3, -0.25) is 0 Å². The minimum absolute atomic E-state index is 0.0427. The third-order valence-electron chi connectivity index (χ3n) is 18.6. The van der Waals surface area contributed by atoms with Crippen molar-refractivity contribution in [2.24, 2.45) is 0 Å². The Labute approximate surface area is 705 Å². The van der Waals surface area contributed by atoms with Crippen molar-refractivity contribution in [3.8, 4) is 158 Å². The SMILES string of the molecule is CS(=O)(=O)Oc1cnc(-c2ccc(-c3ccccc3)cc2)c(-c2ccc(-c3ccccc3)cc2)n1.CS(=O)(=O)Oc1cnc(-c2cccc(-c3ccccc3)c2)c(-c2cccc(-c3ccccc3)c2)n1.Cc1cc(C)cc(-c2ncc(OS(C)(=O)=O)nc2-c2ccccc2C)c1.Cc1ccc(C)c(-c2nc(OS(C)(=O)=O)cnc2-c2ccccc2)c1. The number of hydrogen-bond donors (Lipinski definition) is 0. The van der Waals surface area contributed by atoms with Crippen molar-refractivity contribution in [1.29, 1.82) is 0 Å². The molecule has 0 unspecified atom stereocenters. The topological polar surface area (TPSA) is 277 Å². The second kappa shape index (κ2) is 37.7. The summed E-state index contributed by atoms with van der Waals surface area (Å²) in [5, 5.41) is 0. The predicted molar refractivity (Wildman–Crippen MR) is 479 cm³/mol. The van der Waals surface area contributed by atoms with Gasteiger partial charge in [-0.05, 0) is 121 Å². The average molecular weight is 1680 g/mol. The molecule has 0 aliphatic carbocycles. The first-order valence-electron chi connectivity index (χ1n) is 38.0. The van der Waals surface area contributed by atoms with Crippen molar-refractivity contribution >= 4 is 40.5 Å². The van der Waals surface area contributed by atoms with E-state index in [2.05, 4.69) is 88.4 Å². The first kappa shape index (κ1) is 84.9. The molecule has 606 valence electrons. The zero-order chi connectivity index (χ0) is 85.4. The zero-order valence-electron chi connectivity index (χ0n) is 67.4. The molecule has 0 saturated heterocycles. The molecule has 0 saturated carbocycles. The maximum Gasteiger partial charge on any atom is 0.307 e. The van der Waals surface area contributed by atoms with E-state index in [9.17, 15) is 33.7 Å². The van der Waals surface area contributed by atoms with Crippen LogP contribution in [0.4, 0.5) is 0 Å². The largest absolute Gasteiger partial charge is 0.360 e. The molecule has 4 heterocycles. The van der Waals surface area contributed by atoms with Crippen molar-refractivity contribution in [3.05, 3.63) is 362 Å². The van der Waals surface area contributed by atoms with Crippen LogP contribution in [0.1, 0.15) is 27.8 Å². The highest BCUT2D eigenvalue weighted by molar-refractivity contribution is 7.87. The molecule has 0 spiro atoms. The van der Waals surface area contributed by atoms with Crippen LogP contribution in [-0.4, -0.2) is 98.6 Å². The smallest absolute Gasteiger partial charge is 0.307 e. The fraction of sp³-hybridized carbons (Fsp3) is 0.0928. The summed E-state index contributed by atoms with van der Waals surface area (Å²) in [4.78, 5) is 36.0. The summed E-state index contributed by atoms with van der Waals surface area (Å²) in [7, 11) is -14.8. The van der Waals surface area contributed by atoms with Gasteiger partial charge in [-0.25, -0.2) is 39.9 Å². The van der Waals surface area contributed by atoms with Gasteiger partial charge in [0.25, 0.3) is 23.5 Å². The van der Waals surface area contributed by atoms with Gasteiger partial charge in [-0.1, -0.05) is 296 Å². The minimum Gasteiger partial charge on any atom is -0.360 e. The molecule has 0 aliphatic heterocycles. The molecule has 16 aromatic rings. The summed E-state index contributed by atoms with van der Waals surface area (Å²) in [5.41, 5.74) is 25.8. The summed E-state index contributed by atoms with van der Waals surface area (Å²) in [6, 6.07) is 102. The van der Waals surface area contributed by atoms with Crippen LogP contribution in [0.5, 0.6) is 23.5 Å². The van der Waals surface area contributed by atoms with Gasteiger partial charge in [0.05, 0.1) is 72.6 Å². The van der Waals surface area contributed by atoms with Gasteiger partial charge in [-0.15, -0.1) is 0 Å².